The van der Waals surface area contributed by atoms with Crippen molar-refractivity contribution in [3.63, 3.8) is 0 Å². The second kappa shape index (κ2) is 7.64. The van der Waals surface area contributed by atoms with E-state index in [1.807, 2.05) is 13.8 Å². The van der Waals surface area contributed by atoms with Crippen LogP contribution in [0.4, 0.5) is 5.88 Å². The van der Waals surface area contributed by atoms with Crippen LogP contribution in [0.2, 0.25) is 0 Å². The van der Waals surface area contributed by atoms with Crippen LogP contribution in [-0.4, -0.2) is 28.4 Å². The summed E-state index contributed by atoms with van der Waals surface area (Å²) < 4.78 is 10.6. The van der Waals surface area contributed by atoms with Crippen LogP contribution in [0.15, 0.2) is 40.9 Å². The summed E-state index contributed by atoms with van der Waals surface area (Å²) in [6.45, 7) is 5.24. The first-order valence-corrected chi connectivity index (χ1v) is 8.79. The third-order valence-corrected chi connectivity index (χ3v) is 4.38. The number of aromatic hydroxyl groups is 2. The molecular weight excluding hydrogens is 360 g/mol. The van der Waals surface area contributed by atoms with E-state index in [0.717, 1.165) is 5.56 Å². The van der Waals surface area contributed by atoms with Crippen molar-refractivity contribution in [2.24, 2.45) is 0 Å². The van der Waals surface area contributed by atoms with E-state index < -0.39 is 0 Å². The van der Waals surface area contributed by atoms with Gasteiger partial charge in [0.1, 0.15) is 22.9 Å². The molecule has 0 saturated carbocycles. The van der Waals surface area contributed by atoms with Gasteiger partial charge < -0.3 is 19.5 Å². The van der Waals surface area contributed by atoms with Gasteiger partial charge in [0.25, 0.3) is 0 Å². The maximum atomic E-state index is 11.6. The minimum absolute atomic E-state index is 0.00725. The molecule has 2 aromatic carbocycles. The highest BCUT2D eigenvalue weighted by Crippen LogP contribution is 2.44. The lowest BCUT2D eigenvalue weighted by atomic mass is 9.94. The summed E-state index contributed by atoms with van der Waals surface area (Å²) in [4.78, 5) is 11.6. The van der Waals surface area contributed by atoms with Crippen molar-refractivity contribution in [2.45, 2.75) is 26.7 Å². The summed E-state index contributed by atoms with van der Waals surface area (Å²) in [6.07, 6.45) is 0. The van der Waals surface area contributed by atoms with Gasteiger partial charge in [-0.15, -0.1) is 0 Å². The summed E-state index contributed by atoms with van der Waals surface area (Å²) >= 11 is 0. The topological polar surface area (TPSA) is 105 Å². The highest BCUT2D eigenvalue weighted by atomic mass is 16.5. The number of ether oxygens (including phenoxy) is 1. The number of carbonyl (C=O) groups excluding carboxylic acids is 1. The lowest BCUT2D eigenvalue weighted by Crippen LogP contribution is -2.05. The number of phenolic OH excluding ortho intramolecular Hbond substituents is 2. The molecule has 3 aromatic rings. The Morgan fingerprint density at radius 2 is 1.82 bits per heavy atom. The molecule has 28 heavy (non-hydrogen) atoms. The van der Waals surface area contributed by atoms with Crippen molar-refractivity contribution in [3.8, 4) is 39.6 Å². The van der Waals surface area contributed by atoms with Crippen molar-refractivity contribution in [1.29, 1.82) is 0 Å². The van der Waals surface area contributed by atoms with Crippen molar-refractivity contribution in [1.82, 2.24) is 5.16 Å². The zero-order chi connectivity index (χ0) is 20.4. The molecule has 0 aliphatic rings. The Morgan fingerprint density at radius 3 is 2.39 bits per heavy atom. The molecule has 3 N–H and O–H groups in total. The first-order chi connectivity index (χ1) is 13.3. The molecule has 3 rings (SSSR count). The normalized spacial score (nSPS) is 10.9. The van der Waals surface area contributed by atoms with Crippen LogP contribution in [0.3, 0.4) is 0 Å². The number of amides is 1. The molecule has 0 radical (unpaired) electrons. The molecule has 0 bridgehead atoms. The minimum Gasteiger partial charge on any atom is -0.508 e. The van der Waals surface area contributed by atoms with E-state index in [0.29, 0.717) is 28.1 Å². The number of nitrogens with zero attached hydrogens (tertiary/aromatic N) is 1. The van der Waals surface area contributed by atoms with Crippen LogP contribution in [-0.2, 0) is 4.79 Å². The number of phenols is 2. The molecule has 7 nitrogen and oxygen atoms in total. The highest BCUT2D eigenvalue weighted by molar-refractivity contribution is 5.97. The maximum absolute atomic E-state index is 11.6. The van der Waals surface area contributed by atoms with E-state index in [-0.39, 0.29) is 29.2 Å². The zero-order valence-electron chi connectivity index (χ0n) is 16.1. The van der Waals surface area contributed by atoms with Crippen LogP contribution in [0.25, 0.3) is 22.4 Å². The van der Waals surface area contributed by atoms with E-state index in [2.05, 4.69) is 10.5 Å². The van der Waals surface area contributed by atoms with E-state index in [4.69, 9.17) is 9.26 Å². The first kappa shape index (κ1) is 19.3. The lowest BCUT2D eigenvalue weighted by molar-refractivity contribution is -0.114. The van der Waals surface area contributed by atoms with Gasteiger partial charge in [-0.1, -0.05) is 31.1 Å². The molecule has 146 valence electrons. The van der Waals surface area contributed by atoms with Crippen LogP contribution in [0, 0.1) is 0 Å². The summed E-state index contributed by atoms with van der Waals surface area (Å²) in [5, 5.41) is 27.3. The summed E-state index contributed by atoms with van der Waals surface area (Å²) in [7, 11) is 1.57. The van der Waals surface area contributed by atoms with Crippen molar-refractivity contribution >= 4 is 11.8 Å². The molecule has 0 saturated heterocycles. The summed E-state index contributed by atoms with van der Waals surface area (Å²) in [5.74, 6) is 0.441. The maximum Gasteiger partial charge on any atom is 0.239 e. The van der Waals surface area contributed by atoms with E-state index in [1.54, 1.807) is 37.4 Å². The molecule has 1 aromatic heterocycles. The number of hydrogen-bond acceptors (Lipinski definition) is 6. The fourth-order valence-electron chi connectivity index (χ4n) is 2.99. The number of rotatable bonds is 5. The molecule has 0 aliphatic carbocycles. The average molecular weight is 382 g/mol. The quantitative estimate of drug-likeness (QED) is 0.600. The molecule has 1 amide bonds. The van der Waals surface area contributed by atoms with Gasteiger partial charge in [-0.3, -0.25) is 10.1 Å². The SMILES string of the molecule is COc1ccc(-c2c(-c3cc(C(C)C)c(O)cc3O)noc2NC(C)=O)cc1. The Labute approximate surface area is 162 Å². The molecule has 0 aliphatic heterocycles. The van der Waals surface area contributed by atoms with E-state index >= 15 is 0 Å². The van der Waals surface area contributed by atoms with Crippen molar-refractivity contribution < 1.29 is 24.3 Å². The zero-order valence-corrected chi connectivity index (χ0v) is 16.1. The molecule has 1 heterocycles. The molecule has 0 spiro atoms. The Kier molecular flexibility index (Phi) is 5.26. The Balaban J connectivity index is 2.23. The van der Waals surface area contributed by atoms with Crippen molar-refractivity contribution in [3.05, 3.63) is 42.0 Å². The van der Waals surface area contributed by atoms with Crippen LogP contribution in [0.1, 0.15) is 32.3 Å². The molecule has 0 fully saturated rings. The van der Waals surface area contributed by atoms with Gasteiger partial charge in [0.15, 0.2) is 0 Å². The van der Waals surface area contributed by atoms with Gasteiger partial charge in [0, 0.05) is 18.6 Å². The predicted octanol–water partition coefficient (Wildman–Crippen LogP) is 4.51. The van der Waals surface area contributed by atoms with E-state index in [1.165, 1.54) is 13.0 Å². The number of anilines is 1. The molecule has 0 atom stereocenters. The average Bonchev–Trinajstić information content (AvgIpc) is 3.04. The van der Waals surface area contributed by atoms with Gasteiger partial charge in [-0.05, 0) is 35.2 Å². The number of hydrogen-bond donors (Lipinski definition) is 3. The monoisotopic (exact) mass is 382 g/mol. The number of methoxy groups -OCH3 is 1. The second-order valence-corrected chi connectivity index (χ2v) is 6.73. The van der Waals surface area contributed by atoms with Gasteiger partial charge in [-0.2, -0.15) is 0 Å². The molecular formula is C21H22N2O5. The number of nitrogens with one attached hydrogen (secondary N) is 1. The smallest absolute Gasteiger partial charge is 0.239 e. The third kappa shape index (κ3) is 3.64. The first-order valence-electron chi connectivity index (χ1n) is 8.79. The standard InChI is InChI=1S/C21H22N2O5/c1-11(2)15-9-16(18(26)10-17(15)25)20-19(21(28-23-20)22-12(3)24)13-5-7-14(27-4)8-6-13/h5-11,25-26H,1-4H3,(H,22,24). The fourth-order valence-corrected chi connectivity index (χ4v) is 2.99. The lowest BCUT2D eigenvalue weighted by Gasteiger charge is -2.12. The van der Waals surface area contributed by atoms with Gasteiger partial charge in [0.2, 0.25) is 11.8 Å². The van der Waals surface area contributed by atoms with Gasteiger partial charge >= 0.3 is 0 Å². The molecule has 7 heteroatoms. The van der Waals surface area contributed by atoms with Crippen LogP contribution < -0.4 is 10.1 Å². The molecule has 0 unspecified atom stereocenters. The van der Waals surface area contributed by atoms with Gasteiger partial charge in [0.05, 0.1) is 12.7 Å². The Bertz CT molecular complexity index is 1010. The Morgan fingerprint density at radius 1 is 1.14 bits per heavy atom. The highest BCUT2D eigenvalue weighted by Gasteiger charge is 2.24. The van der Waals surface area contributed by atoms with Crippen LogP contribution >= 0.6 is 0 Å². The number of benzene rings is 2. The van der Waals surface area contributed by atoms with E-state index in [9.17, 15) is 15.0 Å². The minimum atomic E-state index is -0.310. The third-order valence-electron chi connectivity index (χ3n) is 4.38. The largest absolute Gasteiger partial charge is 0.508 e. The second-order valence-electron chi connectivity index (χ2n) is 6.73. The number of carbonyl (C=O) groups is 1. The summed E-state index contributed by atoms with van der Waals surface area (Å²) in [6, 6.07) is 10.1. The van der Waals surface area contributed by atoms with Crippen LogP contribution in [0.5, 0.6) is 17.2 Å². The fraction of sp³-hybridized carbons (Fsp3) is 0.238. The Hall–Kier alpha value is -3.48. The predicted molar refractivity (Wildman–Crippen MR) is 106 cm³/mol. The van der Waals surface area contributed by atoms with Crippen molar-refractivity contribution in [2.75, 3.05) is 12.4 Å². The van der Waals surface area contributed by atoms with Gasteiger partial charge in [-0.25, -0.2) is 0 Å². The summed E-state index contributed by atoms with van der Waals surface area (Å²) in [5.41, 5.74) is 2.66. The number of aromatic nitrogens is 1.